The van der Waals surface area contributed by atoms with Gasteiger partial charge >= 0.3 is 0 Å². The van der Waals surface area contributed by atoms with Gasteiger partial charge in [-0.1, -0.05) is 0 Å². The van der Waals surface area contributed by atoms with Crippen molar-refractivity contribution in [3.63, 3.8) is 0 Å². The first-order chi connectivity index (χ1) is 17.0. The largest absolute Gasteiger partial charge is 0.495 e. The lowest BCUT2D eigenvalue weighted by Gasteiger charge is -2.28. The number of pyridine rings is 2. The van der Waals surface area contributed by atoms with Crippen molar-refractivity contribution in [3.05, 3.63) is 71.8 Å². The number of hydrogen-bond acceptors (Lipinski definition) is 6. The van der Waals surface area contributed by atoms with Crippen LogP contribution in [0.25, 0.3) is 11.1 Å². The lowest BCUT2D eigenvalue weighted by atomic mass is 9.96. The summed E-state index contributed by atoms with van der Waals surface area (Å²) in [6.45, 7) is 2.64. The Kier molecular flexibility index (Phi) is 6.34. The minimum atomic E-state index is -0.679. The van der Waals surface area contributed by atoms with E-state index in [4.69, 9.17) is 4.74 Å². The van der Waals surface area contributed by atoms with E-state index in [9.17, 15) is 13.6 Å². The van der Waals surface area contributed by atoms with Crippen molar-refractivity contribution in [2.45, 2.75) is 31.3 Å². The molecule has 0 aliphatic carbocycles. The molecule has 4 heterocycles. The molecule has 2 fully saturated rings. The highest BCUT2D eigenvalue weighted by molar-refractivity contribution is 6.03. The van der Waals surface area contributed by atoms with E-state index in [1.165, 1.54) is 18.3 Å². The molecule has 5 rings (SSSR count). The minimum Gasteiger partial charge on any atom is -0.495 e. The third-order valence-electron chi connectivity index (χ3n) is 6.80. The fraction of sp³-hybridized carbons (Fsp3) is 0.346. The van der Waals surface area contributed by atoms with Gasteiger partial charge in [0.2, 0.25) is 0 Å². The van der Waals surface area contributed by atoms with Crippen LogP contribution in [0.15, 0.2) is 49.1 Å². The molecule has 35 heavy (non-hydrogen) atoms. The minimum absolute atomic E-state index is 0.00621. The Morgan fingerprint density at radius 1 is 1.11 bits per heavy atom. The van der Waals surface area contributed by atoms with Crippen molar-refractivity contribution >= 4 is 11.6 Å². The van der Waals surface area contributed by atoms with Crippen LogP contribution >= 0.6 is 0 Å². The summed E-state index contributed by atoms with van der Waals surface area (Å²) in [4.78, 5) is 23.9. The second-order valence-corrected chi connectivity index (χ2v) is 9.14. The molecular formula is C26H27F2N5O2. The van der Waals surface area contributed by atoms with Crippen LogP contribution in [0.1, 0.15) is 35.2 Å². The molecule has 9 heteroatoms. The molecule has 0 saturated carbocycles. The molecule has 2 aliphatic rings. The third-order valence-corrected chi connectivity index (χ3v) is 6.80. The Hall–Kier alpha value is -3.59. The first-order valence-electron chi connectivity index (χ1n) is 11.7. The second-order valence-electron chi connectivity index (χ2n) is 9.14. The van der Waals surface area contributed by atoms with E-state index in [1.54, 1.807) is 31.8 Å². The molecule has 2 aromatic heterocycles. The van der Waals surface area contributed by atoms with Crippen LogP contribution in [-0.4, -0.2) is 48.2 Å². The third kappa shape index (κ3) is 4.81. The van der Waals surface area contributed by atoms with E-state index in [-0.39, 0.29) is 18.0 Å². The number of carbonyl (C=O) groups is 1. The van der Waals surface area contributed by atoms with Gasteiger partial charge in [-0.2, -0.15) is 0 Å². The Labute approximate surface area is 202 Å². The van der Waals surface area contributed by atoms with Gasteiger partial charge in [0, 0.05) is 55.4 Å². The van der Waals surface area contributed by atoms with E-state index >= 15 is 0 Å². The maximum atomic E-state index is 14.1. The van der Waals surface area contributed by atoms with Gasteiger partial charge in [-0.25, -0.2) is 8.78 Å². The van der Waals surface area contributed by atoms with Gasteiger partial charge in [0.25, 0.3) is 5.91 Å². The molecule has 2 saturated heterocycles. The normalized spacial score (nSPS) is 19.3. The van der Waals surface area contributed by atoms with Gasteiger partial charge in [0.05, 0.1) is 24.6 Å². The Balaban J connectivity index is 1.50. The van der Waals surface area contributed by atoms with E-state index in [1.807, 2.05) is 0 Å². The Morgan fingerprint density at radius 3 is 2.66 bits per heavy atom. The highest BCUT2D eigenvalue weighted by atomic mass is 19.1. The molecule has 2 aliphatic heterocycles. The zero-order valence-corrected chi connectivity index (χ0v) is 19.5. The summed E-state index contributed by atoms with van der Waals surface area (Å²) in [6.07, 6.45) is 9.43. The van der Waals surface area contributed by atoms with E-state index < -0.39 is 11.6 Å². The average molecular weight is 480 g/mol. The second kappa shape index (κ2) is 9.58. The number of benzene rings is 1. The number of ether oxygens (including phenoxy) is 1. The molecule has 1 spiro atoms. The number of nitrogens with zero attached hydrogens (tertiary/aromatic N) is 3. The summed E-state index contributed by atoms with van der Waals surface area (Å²) < 4.78 is 33.4. The van der Waals surface area contributed by atoms with E-state index in [2.05, 4.69) is 25.5 Å². The van der Waals surface area contributed by atoms with Crippen molar-refractivity contribution in [2.75, 3.05) is 31.6 Å². The van der Waals surface area contributed by atoms with Crippen molar-refractivity contribution in [1.82, 2.24) is 20.6 Å². The summed E-state index contributed by atoms with van der Waals surface area (Å²) in [5.41, 5.74) is 2.64. The molecule has 0 bridgehead atoms. The van der Waals surface area contributed by atoms with Gasteiger partial charge in [0.1, 0.15) is 17.4 Å². The summed E-state index contributed by atoms with van der Waals surface area (Å²) in [5, 5.41) is 6.55. The summed E-state index contributed by atoms with van der Waals surface area (Å²) in [5.74, 6) is -1.08. The van der Waals surface area contributed by atoms with Crippen LogP contribution in [0.2, 0.25) is 0 Å². The molecule has 7 nitrogen and oxygen atoms in total. The standard InChI is InChI=1S/C26H27F2N5O2/c1-35-21-7-17(11-29-13-21)12-31-25(34)23-15-30-14-22(18-8-19(27)10-20(28)9-18)24(23)33-6-4-26(16-33)3-2-5-32-26/h7-11,13-15,32H,2-6,12,16H2,1H3,(H,31,34)/t26-/m1/s1. The molecule has 1 amide bonds. The monoisotopic (exact) mass is 479 g/mol. The SMILES string of the molecule is COc1cncc(CNC(=O)c2cncc(-c3cc(F)cc(F)c3)c2N2CC[C@]3(CCCN3)C2)c1. The zero-order valence-electron chi connectivity index (χ0n) is 19.5. The number of hydrogen-bond donors (Lipinski definition) is 2. The first kappa shape index (κ1) is 23.2. The maximum Gasteiger partial charge on any atom is 0.255 e. The van der Waals surface area contributed by atoms with Crippen LogP contribution in [-0.2, 0) is 6.54 Å². The van der Waals surface area contributed by atoms with Crippen LogP contribution in [0.4, 0.5) is 14.5 Å². The highest BCUT2D eigenvalue weighted by Crippen LogP contribution is 2.40. The number of anilines is 1. The number of methoxy groups -OCH3 is 1. The smallest absolute Gasteiger partial charge is 0.255 e. The molecule has 182 valence electrons. The molecule has 1 aromatic carbocycles. The predicted molar refractivity (Wildman–Crippen MR) is 128 cm³/mol. The quantitative estimate of drug-likeness (QED) is 0.562. The topological polar surface area (TPSA) is 79.4 Å². The summed E-state index contributed by atoms with van der Waals surface area (Å²) in [6, 6.07) is 5.18. The number of rotatable bonds is 6. The van der Waals surface area contributed by atoms with Gasteiger partial charge in [0.15, 0.2) is 0 Å². The van der Waals surface area contributed by atoms with Gasteiger partial charge < -0.3 is 20.3 Å². The van der Waals surface area contributed by atoms with Crippen molar-refractivity contribution in [1.29, 1.82) is 0 Å². The van der Waals surface area contributed by atoms with Crippen LogP contribution < -0.4 is 20.3 Å². The highest BCUT2D eigenvalue weighted by Gasteiger charge is 2.41. The lowest BCUT2D eigenvalue weighted by Crippen LogP contribution is -2.42. The number of carbonyl (C=O) groups excluding carboxylic acids is 1. The summed E-state index contributed by atoms with van der Waals surface area (Å²) >= 11 is 0. The van der Waals surface area contributed by atoms with Crippen LogP contribution in [0.5, 0.6) is 5.75 Å². The molecular weight excluding hydrogens is 452 g/mol. The predicted octanol–water partition coefficient (Wildman–Crippen LogP) is 3.69. The van der Waals surface area contributed by atoms with Crippen LogP contribution in [0, 0.1) is 11.6 Å². The maximum absolute atomic E-state index is 14.1. The lowest BCUT2D eigenvalue weighted by molar-refractivity contribution is 0.0951. The Bertz CT molecular complexity index is 1230. The van der Waals surface area contributed by atoms with Crippen molar-refractivity contribution in [3.8, 4) is 16.9 Å². The van der Waals surface area contributed by atoms with Crippen LogP contribution in [0.3, 0.4) is 0 Å². The number of amides is 1. The van der Waals surface area contributed by atoms with E-state index in [0.717, 1.165) is 44.0 Å². The Morgan fingerprint density at radius 2 is 1.91 bits per heavy atom. The zero-order chi connectivity index (χ0) is 24.4. The van der Waals surface area contributed by atoms with Gasteiger partial charge in [-0.05, 0) is 55.1 Å². The van der Waals surface area contributed by atoms with Crippen molar-refractivity contribution < 1.29 is 18.3 Å². The summed E-state index contributed by atoms with van der Waals surface area (Å²) in [7, 11) is 1.56. The van der Waals surface area contributed by atoms with Gasteiger partial charge in [-0.3, -0.25) is 14.8 Å². The van der Waals surface area contributed by atoms with E-state index in [0.29, 0.717) is 34.7 Å². The first-order valence-corrected chi connectivity index (χ1v) is 11.7. The van der Waals surface area contributed by atoms with Crippen molar-refractivity contribution in [2.24, 2.45) is 0 Å². The molecule has 0 radical (unpaired) electrons. The number of nitrogens with one attached hydrogen (secondary N) is 2. The molecule has 0 unspecified atom stereocenters. The average Bonchev–Trinajstić information content (AvgIpc) is 3.51. The molecule has 3 aromatic rings. The fourth-order valence-electron chi connectivity index (χ4n) is 5.11. The molecule has 1 atom stereocenters. The number of aromatic nitrogens is 2. The van der Waals surface area contributed by atoms with Gasteiger partial charge in [-0.15, -0.1) is 0 Å². The fourth-order valence-corrected chi connectivity index (χ4v) is 5.11. The number of halogens is 2. The molecule has 2 N–H and O–H groups in total.